The van der Waals surface area contributed by atoms with Crippen LogP contribution in [0.25, 0.3) is 11.0 Å². The van der Waals surface area contributed by atoms with Gasteiger partial charge in [-0.15, -0.1) is 0 Å². The maximum absolute atomic E-state index is 13.6. The zero-order chi connectivity index (χ0) is 24.9. The average Bonchev–Trinajstić information content (AvgIpc) is 3.16. The number of amides is 1. The molecule has 0 aliphatic carbocycles. The third-order valence-electron chi connectivity index (χ3n) is 6.68. The van der Waals surface area contributed by atoms with Crippen molar-refractivity contribution in [2.45, 2.75) is 39.7 Å². The minimum absolute atomic E-state index is 0.125. The molecule has 0 fully saturated rings. The molecule has 3 aromatic rings. The Labute approximate surface area is 206 Å². The summed E-state index contributed by atoms with van der Waals surface area (Å²) in [6.07, 6.45) is 1.98. The molecule has 0 saturated heterocycles. The molecule has 0 bridgehead atoms. The predicted octanol–water partition coefficient (Wildman–Crippen LogP) is 4.87. The Morgan fingerprint density at radius 1 is 1.03 bits per heavy atom. The molecular weight excluding hydrogens is 444 g/mol. The van der Waals surface area contributed by atoms with E-state index in [1.807, 2.05) is 18.2 Å². The summed E-state index contributed by atoms with van der Waals surface area (Å²) in [4.78, 5) is 31.2. The number of likely N-dealkylation sites (N-methyl/N-ethyl adjacent to an activating group) is 1. The van der Waals surface area contributed by atoms with E-state index >= 15 is 0 Å². The number of nitrogens with zero attached hydrogens (tertiary/aromatic N) is 2. The molecule has 4 rings (SSSR count). The van der Waals surface area contributed by atoms with Crippen LogP contribution < -0.4 is 14.9 Å². The maximum atomic E-state index is 13.6. The first kappa shape index (κ1) is 24.8. The highest BCUT2D eigenvalue weighted by molar-refractivity contribution is 5.99. The molecule has 1 aliphatic heterocycles. The largest absolute Gasteiger partial charge is 0.493 e. The number of hydrogen-bond donors (Lipinski definition) is 0. The molecule has 1 unspecified atom stereocenters. The van der Waals surface area contributed by atoms with E-state index in [0.717, 1.165) is 31.5 Å². The number of carbonyl (C=O) groups excluding carboxylic acids is 1. The van der Waals surface area contributed by atoms with Gasteiger partial charge < -0.3 is 23.7 Å². The molecule has 0 radical (unpaired) electrons. The van der Waals surface area contributed by atoms with Gasteiger partial charge in [0.05, 0.1) is 30.7 Å². The van der Waals surface area contributed by atoms with Gasteiger partial charge in [0.25, 0.3) is 5.91 Å². The van der Waals surface area contributed by atoms with Crippen molar-refractivity contribution >= 4 is 16.9 Å². The van der Waals surface area contributed by atoms with E-state index in [-0.39, 0.29) is 17.1 Å². The average molecular weight is 479 g/mol. The van der Waals surface area contributed by atoms with Crippen LogP contribution in [0.5, 0.6) is 11.5 Å². The molecule has 0 spiro atoms. The van der Waals surface area contributed by atoms with E-state index in [0.29, 0.717) is 47.7 Å². The summed E-state index contributed by atoms with van der Waals surface area (Å²) in [7, 11) is 1.60. The van der Waals surface area contributed by atoms with Crippen molar-refractivity contribution in [2.24, 2.45) is 0 Å². The number of methoxy groups -OCH3 is 1. The first-order chi connectivity index (χ1) is 17.0. The number of ether oxygens (including phenoxy) is 2. The summed E-state index contributed by atoms with van der Waals surface area (Å²) < 4.78 is 17.5. The fourth-order valence-electron chi connectivity index (χ4n) is 4.63. The first-order valence-corrected chi connectivity index (χ1v) is 12.4. The Hall–Kier alpha value is -3.32. The maximum Gasteiger partial charge on any atom is 0.290 e. The number of unbranched alkanes of at least 4 members (excludes halogenated alkanes) is 1. The lowest BCUT2D eigenvalue weighted by molar-refractivity contribution is 0.0708. The highest BCUT2D eigenvalue weighted by atomic mass is 16.5. The van der Waals surface area contributed by atoms with Crippen LogP contribution >= 0.6 is 0 Å². The summed E-state index contributed by atoms with van der Waals surface area (Å²) in [5, 5.41) is 0.473. The van der Waals surface area contributed by atoms with Crippen molar-refractivity contribution in [2.75, 3.05) is 39.9 Å². The molecule has 1 amide bonds. The lowest BCUT2D eigenvalue weighted by Crippen LogP contribution is -2.37. The second-order valence-corrected chi connectivity index (χ2v) is 8.71. The second kappa shape index (κ2) is 11.0. The number of fused-ring (bicyclic) bond motifs is 2. The SMILES string of the molecule is CCCCOc1ccc(C2c3c(oc4ccccc4c3=O)C(=O)N2CCN(CC)CC)cc1OC. The van der Waals surface area contributed by atoms with Crippen molar-refractivity contribution in [3.05, 3.63) is 69.6 Å². The third-order valence-corrected chi connectivity index (χ3v) is 6.68. The quantitative estimate of drug-likeness (QED) is 0.366. The van der Waals surface area contributed by atoms with Gasteiger partial charge in [-0.05, 0) is 49.3 Å². The van der Waals surface area contributed by atoms with Gasteiger partial charge in [0.1, 0.15) is 5.58 Å². The van der Waals surface area contributed by atoms with E-state index in [4.69, 9.17) is 13.9 Å². The number of carbonyl (C=O) groups is 1. The number of benzene rings is 2. The molecule has 0 N–H and O–H groups in total. The summed E-state index contributed by atoms with van der Waals surface area (Å²) in [5.41, 5.74) is 1.42. The molecule has 35 heavy (non-hydrogen) atoms. The Balaban J connectivity index is 1.81. The summed E-state index contributed by atoms with van der Waals surface area (Å²) in [6, 6.07) is 12.2. The Bertz CT molecular complexity index is 1250. The van der Waals surface area contributed by atoms with Crippen LogP contribution in [0.1, 0.15) is 61.3 Å². The molecule has 0 saturated carbocycles. The van der Waals surface area contributed by atoms with Crippen LogP contribution in [-0.4, -0.2) is 55.6 Å². The van der Waals surface area contributed by atoms with Crippen molar-refractivity contribution in [3.8, 4) is 11.5 Å². The fourth-order valence-corrected chi connectivity index (χ4v) is 4.63. The van der Waals surface area contributed by atoms with Gasteiger partial charge in [0, 0.05) is 13.1 Å². The predicted molar refractivity (Wildman–Crippen MR) is 137 cm³/mol. The van der Waals surface area contributed by atoms with E-state index in [9.17, 15) is 9.59 Å². The van der Waals surface area contributed by atoms with Crippen molar-refractivity contribution in [3.63, 3.8) is 0 Å². The smallest absolute Gasteiger partial charge is 0.290 e. The van der Waals surface area contributed by atoms with Crippen LogP contribution in [0, 0.1) is 0 Å². The zero-order valence-electron chi connectivity index (χ0n) is 21.0. The van der Waals surface area contributed by atoms with Crippen molar-refractivity contribution in [1.82, 2.24) is 9.80 Å². The molecule has 1 aliphatic rings. The zero-order valence-corrected chi connectivity index (χ0v) is 21.0. The topological polar surface area (TPSA) is 72.2 Å². The molecule has 7 heteroatoms. The van der Waals surface area contributed by atoms with Gasteiger partial charge in [0.15, 0.2) is 16.9 Å². The number of hydrogen-bond acceptors (Lipinski definition) is 6. The van der Waals surface area contributed by atoms with Crippen molar-refractivity contribution < 1.29 is 18.7 Å². The van der Waals surface area contributed by atoms with Gasteiger partial charge in [-0.25, -0.2) is 0 Å². The Morgan fingerprint density at radius 2 is 1.80 bits per heavy atom. The van der Waals surface area contributed by atoms with E-state index < -0.39 is 6.04 Å². The lowest BCUT2D eigenvalue weighted by atomic mass is 9.98. The monoisotopic (exact) mass is 478 g/mol. The summed E-state index contributed by atoms with van der Waals surface area (Å²) in [5.74, 6) is 1.09. The summed E-state index contributed by atoms with van der Waals surface area (Å²) >= 11 is 0. The highest BCUT2D eigenvalue weighted by Crippen LogP contribution is 2.40. The molecule has 1 aromatic heterocycles. The van der Waals surface area contributed by atoms with Gasteiger partial charge in [-0.3, -0.25) is 9.59 Å². The minimum atomic E-state index is -0.562. The van der Waals surface area contributed by atoms with Gasteiger partial charge in [-0.1, -0.05) is 45.4 Å². The van der Waals surface area contributed by atoms with Crippen LogP contribution in [0.3, 0.4) is 0 Å². The normalized spacial score (nSPS) is 15.2. The second-order valence-electron chi connectivity index (χ2n) is 8.71. The van der Waals surface area contributed by atoms with Gasteiger partial charge >= 0.3 is 0 Å². The van der Waals surface area contributed by atoms with Crippen LogP contribution in [0.2, 0.25) is 0 Å². The van der Waals surface area contributed by atoms with Crippen LogP contribution in [0.4, 0.5) is 0 Å². The molecule has 2 aromatic carbocycles. The summed E-state index contributed by atoms with van der Waals surface area (Å²) in [6.45, 7) is 9.85. The Morgan fingerprint density at radius 3 is 2.51 bits per heavy atom. The van der Waals surface area contributed by atoms with Crippen LogP contribution in [0.15, 0.2) is 51.7 Å². The van der Waals surface area contributed by atoms with E-state index in [2.05, 4.69) is 25.7 Å². The van der Waals surface area contributed by atoms with Crippen molar-refractivity contribution in [1.29, 1.82) is 0 Å². The molecule has 1 atom stereocenters. The molecule has 186 valence electrons. The molecular formula is C28H34N2O5. The molecule has 7 nitrogen and oxygen atoms in total. The third kappa shape index (κ3) is 4.78. The van der Waals surface area contributed by atoms with Gasteiger partial charge in [-0.2, -0.15) is 0 Å². The van der Waals surface area contributed by atoms with E-state index in [1.165, 1.54) is 0 Å². The van der Waals surface area contributed by atoms with Crippen LogP contribution in [-0.2, 0) is 0 Å². The lowest BCUT2D eigenvalue weighted by Gasteiger charge is -2.28. The number of para-hydroxylation sites is 1. The molecule has 2 heterocycles. The fraction of sp³-hybridized carbons (Fsp3) is 0.429. The number of rotatable bonds is 11. The van der Waals surface area contributed by atoms with E-state index in [1.54, 1.807) is 36.3 Å². The Kier molecular flexibility index (Phi) is 7.76. The first-order valence-electron chi connectivity index (χ1n) is 12.4. The minimum Gasteiger partial charge on any atom is -0.493 e. The van der Waals surface area contributed by atoms with Gasteiger partial charge in [0.2, 0.25) is 5.76 Å². The highest BCUT2D eigenvalue weighted by Gasteiger charge is 2.42. The standard InChI is InChI=1S/C28H34N2O5/c1-5-8-17-34-22-14-13-19(18-23(22)33-4)25-24-26(31)20-11-9-10-12-21(20)35-27(24)28(32)30(25)16-15-29(6-2)7-3/h9-14,18,25H,5-8,15-17H2,1-4H3.